The van der Waals surface area contributed by atoms with Crippen LogP contribution in [0, 0.1) is 0 Å². The van der Waals surface area contributed by atoms with Crippen molar-refractivity contribution in [3.63, 3.8) is 0 Å². The third-order valence-corrected chi connectivity index (χ3v) is 4.43. The Labute approximate surface area is 144 Å². The molecule has 0 aliphatic carbocycles. The zero-order valence-corrected chi connectivity index (χ0v) is 13.7. The third kappa shape index (κ3) is 2.77. The fourth-order valence-electron chi connectivity index (χ4n) is 3.03. The summed E-state index contributed by atoms with van der Waals surface area (Å²) >= 11 is 5.86. The molecule has 122 valence electrons. The Bertz CT molecular complexity index is 889. The lowest BCUT2D eigenvalue weighted by molar-refractivity contribution is 0.0553. The number of amides is 1. The Hall–Kier alpha value is -2.37. The van der Waals surface area contributed by atoms with Crippen LogP contribution >= 0.6 is 11.6 Å². The van der Waals surface area contributed by atoms with E-state index in [0.717, 1.165) is 16.9 Å². The molecule has 0 radical (unpaired) electrons. The molecule has 3 aromatic rings. The van der Waals surface area contributed by atoms with Crippen molar-refractivity contribution in [2.24, 2.45) is 0 Å². The van der Waals surface area contributed by atoms with Gasteiger partial charge in [-0.1, -0.05) is 23.7 Å². The van der Waals surface area contributed by atoms with Gasteiger partial charge in [0, 0.05) is 17.1 Å². The summed E-state index contributed by atoms with van der Waals surface area (Å²) in [5.74, 6) is 0.774. The number of carbonyl (C=O) groups is 1. The number of para-hydroxylation sites is 2. The maximum atomic E-state index is 12.3. The summed E-state index contributed by atoms with van der Waals surface area (Å²) < 4.78 is 7.81. The van der Waals surface area contributed by atoms with E-state index in [1.807, 2.05) is 24.3 Å². The second-order valence-corrected chi connectivity index (χ2v) is 6.21. The van der Waals surface area contributed by atoms with Crippen LogP contribution in [0.4, 0.5) is 0 Å². The molecule has 24 heavy (non-hydrogen) atoms. The lowest BCUT2D eigenvalue weighted by Gasteiger charge is -2.26. The highest BCUT2D eigenvalue weighted by molar-refractivity contribution is 6.30. The number of imidazole rings is 1. The van der Waals surface area contributed by atoms with Crippen molar-refractivity contribution in [1.29, 1.82) is 0 Å². The maximum Gasteiger partial charge on any atom is 0.251 e. The van der Waals surface area contributed by atoms with Crippen molar-refractivity contribution in [2.75, 3.05) is 13.2 Å². The van der Waals surface area contributed by atoms with E-state index in [-0.39, 0.29) is 11.9 Å². The standard InChI is InChI=1S/C18H16ClN3O2/c19-13-7-5-12(6-8-13)18(23)20-9-14-10-24-11-17-21-15-3-1-2-4-16(15)22(14)17/h1-8,14H,9-11H2,(H,20,23)/t14-/m0/s1. The van der Waals surface area contributed by atoms with Gasteiger partial charge in [0.25, 0.3) is 5.91 Å². The lowest BCUT2D eigenvalue weighted by Crippen LogP contribution is -2.35. The summed E-state index contributed by atoms with van der Waals surface area (Å²) in [6.45, 7) is 1.53. The molecule has 1 N–H and O–H groups in total. The highest BCUT2D eigenvalue weighted by Gasteiger charge is 2.24. The summed E-state index contributed by atoms with van der Waals surface area (Å²) in [7, 11) is 0. The number of nitrogens with one attached hydrogen (secondary N) is 1. The summed E-state index contributed by atoms with van der Waals surface area (Å²) in [6, 6.07) is 14.9. The molecule has 0 saturated carbocycles. The molecule has 1 aliphatic heterocycles. The number of hydrogen-bond donors (Lipinski definition) is 1. The fraction of sp³-hybridized carbons (Fsp3) is 0.222. The predicted octanol–water partition coefficient (Wildman–Crippen LogP) is 3.19. The number of rotatable bonds is 3. The van der Waals surface area contributed by atoms with Crippen LogP contribution in [-0.2, 0) is 11.3 Å². The van der Waals surface area contributed by atoms with Gasteiger partial charge in [-0.15, -0.1) is 0 Å². The molecule has 5 nitrogen and oxygen atoms in total. The third-order valence-electron chi connectivity index (χ3n) is 4.18. The van der Waals surface area contributed by atoms with Gasteiger partial charge < -0.3 is 14.6 Å². The van der Waals surface area contributed by atoms with Gasteiger partial charge in [0.1, 0.15) is 12.4 Å². The first-order valence-electron chi connectivity index (χ1n) is 7.80. The van der Waals surface area contributed by atoms with E-state index >= 15 is 0 Å². The first-order chi connectivity index (χ1) is 11.7. The Balaban J connectivity index is 1.54. The van der Waals surface area contributed by atoms with Crippen molar-refractivity contribution >= 4 is 28.5 Å². The average molecular weight is 342 g/mol. The first-order valence-corrected chi connectivity index (χ1v) is 8.17. The van der Waals surface area contributed by atoms with Gasteiger partial charge in [0.2, 0.25) is 0 Å². The number of ether oxygens (including phenoxy) is 1. The van der Waals surface area contributed by atoms with E-state index in [4.69, 9.17) is 16.3 Å². The number of carbonyl (C=O) groups excluding carboxylic acids is 1. The Kier molecular flexibility index (Phi) is 3.96. The second-order valence-electron chi connectivity index (χ2n) is 5.77. The van der Waals surface area contributed by atoms with Gasteiger partial charge >= 0.3 is 0 Å². The van der Waals surface area contributed by atoms with Crippen LogP contribution < -0.4 is 5.32 Å². The minimum Gasteiger partial charge on any atom is -0.371 e. The highest BCUT2D eigenvalue weighted by atomic mass is 35.5. The topological polar surface area (TPSA) is 56.1 Å². The number of fused-ring (bicyclic) bond motifs is 3. The van der Waals surface area contributed by atoms with Crippen molar-refractivity contribution in [3.8, 4) is 0 Å². The summed E-state index contributed by atoms with van der Waals surface area (Å²) in [4.78, 5) is 16.9. The number of halogens is 1. The van der Waals surface area contributed by atoms with Crippen molar-refractivity contribution in [1.82, 2.24) is 14.9 Å². The van der Waals surface area contributed by atoms with Crippen molar-refractivity contribution < 1.29 is 9.53 Å². The second kappa shape index (κ2) is 6.26. The number of hydrogen-bond acceptors (Lipinski definition) is 3. The molecule has 1 aliphatic rings. The zero-order valence-electron chi connectivity index (χ0n) is 12.9. The molecule has 1 aromatic heterocycles. The molecule has 4 rings (SSSR count). The van der Waals surface area contributed by atoms with Gasteiger partial charge in [0.05, 0.1) is 23.7 Å². The molecule has 6 heteroatoms. The van der Waals surface area contributed by atoms with E-state index in [1.165, 1.54) is 0 Å². The van der Waals surface area contributed by atoms with E-state index in [1.54, 1.807) is 24.3 Å². The van der Waals surface area contributed by atoms with Crippen molar-refractivity contribution in [2.45, 2.75) is 12.6 Å². The monoisotopic (exact) mass is 341 g/mol. The van der Waals surface area contributed by atoms with E-state index in [0.29, 0.717) is 30.3 Å². The Morgan fingerprint density at radius 1 is 1.25 bits per heavy atom. The van der Waals surface area contributed by atoms with Gasteiger partial charge in [-0.2, -0.15) is 0 Å². The first kappa shape index (κ1) is 15.2. The normalized spacial score (nSPS) is 16.8. The molecule has 2 heterocycles. The smallest absolute Gasteiger partial charge is 0.251 e. The largest absolute Gasteiger partial charge is 0.371 e. The lowest BCUT2D eigenvalue weighted by atomic mass is 10.2. The number of nitrogens with zero attached hydrogens (tertiary/aromatic N) is 2. The minimum absolute atomic E-state index is 0.0254. The van der Waals surface area contributed by atoms with Crippen LogP contribution in [0.5, 0.6) is 0 Å². The Morgan fingerprint density at radius 2 is 2.04 bits per heavy atom. The van der Waals surface area contributed by atoms with E-state index in [2.05, 4.69) is 14.9 Å². The summed E-state index contributed by atoms with van der Waals surface area (Å²) in [5.41, 5.74) is 2.61. The van der Waals surface area contributed by atoms with Crippen LogP contribution in [0.15, 0.2) is 48.5 Å². The fourth-order valence-corrected chi connectivity index (χ4v) is 3.15. The number of benzene rings is 2. The SMILES string of the molecule is O=C(NC[C@H]1COCc2nc3ccccc3n21)c1ccc(Cl)cc1. The van der Waals surface area contributed by atoms with Crippen molar-refractivity contribution in [3.05, 3.63) is 64.9 Å². The van der Waals surface area contributed by atoms with Crippen LogP contribution in [0.25, 0.3) is 11.0 Å². The van der Waals surface area contributed by atoms with E-state index in [9.17, 15) is 4.79 Å². The highest BCUT2D eigenvalue weighted by Crippen LogP contribution is 2.25. The van der Waals surface area contributed by atoms with Gasteiger partial charge in [-0.05, 0) is 36.4 Å². The van der Waals surface area contributed by atoms with Crippen LogP contribution in [0.3, 0.4) is 0 Å². The Morgan fingerprint density at radius 3 is 2.88 bits per heavy atom. The molecule has 0 unspecified atom stereocenters. The van der Waals surface area contributed by atoms with Crippen LogP contribution in [-0.4, -0.2) is 28.6 Å². The summed E-state index contributed by atoms with van der Waals surface area (Å²) in [5, 5.41) is 3.59. The summed E-state index contributed by atoms with van der Waals surface area (Å²) in [6.07, 6.45) is 0. The van der Waals surface area contributed by atoms with E-state index < -0.39 is 0 Å². The molecule has 0 saturated heterocycles. The molecular weight excluding hydrogens is 326 g/mol. The quantitative estimate of drug-likeness (QED) is 0.796. The number of aromatic nitrogens is 2. The van der Waals surface area contributed by atoms with Crippen LogP contribution in [0.2, 0.25) is 5.02 Å². The molecule has 2 aromatic carbocycles. The minimum atomic E-state index is -0.122. The van der Waals surface area contributed by atoms with Gasteiger partial charge in [0.15, 0.2) is 0 Å². The maximum absolute atomic E-state index is 12.3. The molecule has 1 atom stereocenters. The average Bonchev–Trinajstić information content (AvgIpc) is 2.99. The van der Waals surface area contributed by atoms with Gasteiger partial charge in [-0.3, -0.25) is 4.79 Å². The molecule has 0 fully saturated rings. The molecule has 0 spiro atoms. The predicted molar refractivity (Wildman–Crippen MR) is 92.2 cm³/mol. The zero-order chi connectivity index (χ0) is 16.5. The van der Waals surface area contributed by atoms with Gasteiger partial charge in [-0.25, -0.2) is 4.98 Å². The van der Waals surface area contributed by atoms with Crippen LogP contribution in [0.1, 0.15) is 22.2 Å². The molecule has 0 bridgehead atoms. The molecule has 1 amide bonds. The molecular formula is C18H16ClN3O2.